The van der Waals surface area contributed by atoms with Gasteiger partial charge in [0.2, 0.25) is 0 Å². The van der Waals surface area contributed by atoms with Gasteiger partial charge in [0.05, 0.1) is 12.2 Å². The van der Waals surface area contributed by atoms with Gasteiger partial charge in [-0.1, -0.05) is 6.07 Å². The molecule has 126 valence electrons. The molecule has 0 spiro atoms. The van der Waals surface area contributed by atoms with Crippen LogP contribution in [0.4, 0.5) is 17.6 Å². The lowest BCUT2D eigenvalue weighted by atomic mass is 10.0. The predicted molar refractivity (Wildman–Crippen MR) is 77.1 cm³/mol. The summed E-state index contributed by atoms with van der Waals surface area (Å²) in [5.74, 6) is -0.420. The van der Waals surface area contributed by atoms with Crippen LogP contribution in [-0.4, -0.2) is 24.3 Å². The van der Waals surface area contributed by atoms with E-state index in [4.69, 9.17) is 4.74 Å². The minimum Gasteiger partial charge on any atom is -0.464 e. The number of alkyl halides is 4. The first-order valence-electron chi connectivity index (χ1n) is 7.31. The third kappa shape index (κ3) is 4.53. The Balaban J connectivity index is 2.17. The molecular formula is C16H17F4NO2. The van der Waals surface area contributed by atoms with Crippen LogP contribution in [0.5, 0.6) is 0 Å². The minimum atomic E-state index is -4.52. The van der Waals surface area contributed by atoms with Crippen molar-refractivity contribution in [1.82, 2.24) is 0 Å². The maximum atomic E-state index is 12.8. The predicted octanol–water partition coefficient (Wildman–Crippen LogP) is 3.88. The number of nitrogens with zero attached hydrogens (tertiary/aromatic N) is 1. The second-order valence-corrected chi connectivity index (χ2v) is 5.35. The molecule has 2 rings (SSSR count). The van der Waals surface area contributed by atoms with Crippen molar-refractivity contribution in [3.63, 3.8) is 0 Å². The molecule has 0 aliphatic carbocycles. The van der Waals surface area contributed by atoms with Crippen molar-refractivity contribution in [2.75, 3.05) is 6.61 Å². The van der Waals surface area contributed by atoms with Crippen LogP contribution in [0.3, 0.4) is 0 Å². The van der Waals surface area contributed by atoms with Crippen LogP contribution in [0.2, 0.25) is 0 Å². The number of carbonyl (C=O) groups is 1. The lowest BCUT2D eigenvalue weighted by Gasteiger charge is -2.11. The van der Waals surface area contributed by atoms with Gasteiger partial charge in [0.1, 0.15) is 12.7 Å². The van der Waals surface area contributed by atoms with Gasteiger partial charge < -0.3 is 4.74 Å². The molecule has 3 nitrogen and oxygen atoms in total. The second-order valence-electron chi connectivity index (χ2n) is 5.35. The standard InChI is InChI=1S/C16H17F4NO2/c1-2-23-15(22)14-4-3-13(21-14)8-10-5-11(9-17)7-12(6-10)16(18,19)20/h5-7,14H,2-4,8-9H2,1H3. The summed E-state index contributed by atoms with van der Waals surface area (Å²) in [5, 5.41) is 0. The second kappa shape index (κ2) is 7.10. The first kappa shape index (κ1) is 17.4. The average Bonchev–Trinajstić information content (AvgIpc) is 2.95. The largest absolute Gasteiger partial charge is 0.464 e. The molecule has 0 amide bonds. The monoisotopic (exact) mass is 331 g/mol. The van der Waals surface area contributed by atoms with Crippen LogP contribution >= 0.6 is 0 Å². The number of rotatable bonds is 5. The molecule has 0 saturated carbocycles. The number of hydrogen-bond donors (Lipinski definition) is 0. The van der Waals surface area contributed by atoms with Crippen molar-refractivity contribution in [3.05, 3.63) is 34.9 Å². The Morgan fingerprint density at radius 3 is 2.61 bits per heavy atom. The molecular weight excluding hydrogens is 314 g/mol. The van der Waals surface area contributed by atoms with Crippen LogP contribution in [-0.2, 0) is 28.8 Å². The van der Waals surface area contributed by atoms with Crippen LogP contribution in [0.1, 0.15) is 36.5 Å². The van der Waals surface area contributed by atoms with Crippen molar-refractivity contribution < 1.29 is 27.1 Å². The lowest BCUT2D eigenvalue weighted by molar-refractivity contribution is -0.144. The van der Waals surface area contributed by atoms with E-state index in [0.29, 0.717) is 24.1 Å². The van der Waals surface area contributed by atoms with Crippen molar-refractivity contribution in [2.24, 2.45) is 4.99 Å². The van der Waals surface area contributed by atoms with Gasteiger partial charge in [0.15, 0.2) is 0 Å². The normalized spacial score (nSPS) is 18.0. The summed E-state index contributed by atoms with van der Waals surface area (Å²) in [5.41, 5.74) is 0.0847. The fourth-order valence-electron chi connectivity index (χ4n) is 2.54. The van der Waals surface area contributed by atoms with E-state index in [1.54, 1.807) is 6.92 Å². The number of ether oxygens (including phenoxy) is 1. The average molecular weight is 331 g/mol. The van der Waals surface area contributed by atoms with Crippen LogP contribution < -0.4 is 0 Å². The molecule has 0 bridgehead atoms. The molecule has 1 heterocycles. The molecule has 7 heteroatoms. The maximum Gasteiger partial charge on any atom is 0.416 e. The molecule has 0 radical (unpaired) electrons. The molecule has 0 fully saturated rings. The van der Waals surface area contributed by atoms with Gasteiger partial charge in [-0.2, -0.15) is 13.2 Å². The Labute approximate surface area is 131 Å². The first-order chi connectivity index (χ1) is 10.8. The number of halogens is 4. The third-order valence-electron chi connectivity index (χ3n) is 3.55. The highest BCUT2D eigenvalue weighted by Gasteiger charge is 2.31. The highest BCUT2D eigenvalue weighted by molar-refractivity contribution is 5.92. The summed E-state index contributed by atoms with van der Waals surface area (Å²) in [4.78, 5) is 15.8. The summed E-state index contributed by atoms with van der Waals surface area (Å²) in [6.07, 6.45) is -3.34. The molecule has 23 heavy (non-hydrogen) atoms. The summed E-state index contributed by atoms with van der Waals surface area (Å²) in [7, 11) is 0. The molecule has 1 aromatic rings. The molecule has 0 N–H and O–H groups in total. The zero-order chi connectivity index (χ0) is 17.0. The van der Waals surface area contributed by atoms with Crippen LogP contribution in [0.15, 0.2) is 23.2 Å². The zero-order valence-corrected chi connectivity index (χ0v) is 12.6. The Morgan fingerprint density at radius 2 is 2.00 bits per heavy atom. The zero-order valence-electron chi connectivity index (χ0n) is 12.6. The number of esters is 1. The molecule has 1 atom stereocenters. The molecule has 0 aromatic heterocycles. The van der Waals surface area contributed by atoms with Crippen molar-refractivity contribution in [1.29, 1.82) is 0 Å². The van der Waals surface area contributed by atoms with E-state index in [1.807, 2.05) is 0 Å². The number of hydrogen-bond acceptors (Lipinski definition) is 3. The Bertz CT molecular complexity index is 611. The molecule has 1 aliphatic rings. The Kier molecular flexibility index (Phi) is 5.38. The topological polar surface area (TPSA) is 38.7 Å². The van der Waals surface area contributed by atoms with E-state index >= 15 is 0 Å². The van der Waals surface area contributed by atoms with E-state index in [1.165, 1.54) is 6.07 Å². The SMILES string of the molecule is CCOC(=O)C1CCC(Cc2cc(CF)cc(C(F)(F)F)c2)=N1. The van der Waals surface area contributed by atoms with Crippen molar-refractivity contribution >= 4 is 11.7 Å². The summed E-state index contributed by atoms with van der Waals surface area (Å²) in [6.45, 7) is 0.987. The fourth-order valence-corrected chi connectivity index (χ4v) is 2.54. The lowest BCUT2D eigenvalue weighted by Crippen LogP contribution is -2.18. The van der Waals surface area contributed by atoms with Gasteiger partial charge in [0.25, 0.3) is 0 Å². The smallest absolute Gasteiger partial charge is 0.416 e. The fraction of sp³-hybridized carbons (Fsp3) is 0.500. The molecule has 1 unspecified atom stereocenters. The van der Waals surface area contributed by atoms with E-state index < -0.39 is 30.4 Å². The number of carbonyl (C=O) groups excluding carboxylic acids is 1. The van der Waals surface area contributed by atoms with Gasteiger partial charge >= 0.3 is 12.1 Å². The summed E-state index contributed by atoms with van der Waals surface area (Å²) in [6, 6.07) is 2.62. The minimum absolute atomic E-state index is 0.0182. The highest BCUT2D eigenvalue weighted by atomic mass is 19.4. The Morgan fingerprint density at radius 1 is 1.30 bits per heavy atom. The van der Waals surface area contributed by atoms with Gasteiger partial charge in [-0.05, 0) is 43.0 Å². The van der Waals surface area contributed by atoms with Crippen molar-refractivity contribution in [3.8, 4) is 0 Å². The Hall–Kier alpha value is -1.92. The van der Waals surface area contributed by atoms with Crippen LogP contribution in [0.25, 0.3) is 0 Å². The highest BCUT2D eigenvalue weighted by Crippen LogP contribution is 2.31. The van der Waals surface area contributed by atoms with E-state index in [0.717, 1.165) is 12.1 Å². The van der Waals surface area contributed by atoms with Gasteiger partial charge in [-0.3, -0.25) is 4.99 Å². The number of aliphatic imine (C=N–C) groups is 1. The summed E-state index contributed by atoms with van der Waals surface area (Å²) >= 11 is 0. The van der Waals surface area contributed by atoms with Gasteiger partial charge in [-0.15, -0.1) is 0 Å². The molecule has 1 aromatic carbocycles. The van der Waals surface area contributed by atoms with Gasteiger partial charge in [-0.25, -0.2) is 9.18 Å². The number of benzene rings is 1. The van der Waals surface area contributed by atoms with E-state index in [-0.39, 0.29) is 18.6 Å². The van der Waals surface area contributed by atoms with Crippen LogP contribution in [0, 0.1) is 0 Å². The maximum absolute atomic E-state index is 12.8. The quantitative estimate of drug-likeness (QED) is 0.607. The molecule has 0 saturated heterocycles. The van der Waals surface area contributed by atoms with Crippen molar-refractivity contribution in [2.45, 2.75) is 45.1 Å². The van der Waals surface area contributed by atoms with E-state index in [2.05, 4.69) is 4.99 Å². The summed E-state index contributed by atoms with van der Waals surface area (Å²) < 4.78 is 56.2. The third-order valence-corrected chi connectivity index (χ3v) is 3.55. The van der Waals surface area contributed by atoms with Gasteiger partial charge in [0, 0.05) is 12.1 Å². The first-order valence-corrected chi connectivity index (χ1v) is 7.31. The van der Waals surface area contributed by atoms with E-state index in [9.17, 15) is 22.4 Å². The molecule has 1 aliphatic heterocycles.